The number of ether oxygens (including phenoxy) is 1. The molecule has 2 nitrogen and oxygen atoms in total. The van der Waals surface area contributed by atoms with Crippen LogP contribution in [0.1, 0.15) is 22.3 Å². The van der Waals surface area contributed by atoms with E-state index >= 15 is 0 Å². The fourth-order valence-electron chi connectivity index (χ4n) is 1.83. The second-order valence-corrected chi connectivity index (χ2v) is 5.26. The average molecular weight is 316 g/mol. The molecule has 0 N–H and O–H groups in total. The van der Waals surface area contributed by atoms with Crippen molar-refractivity contribution in [1.82, 2.24) is 0 Å². The van der Waals surface area contributed by atoms with E-state index in [1.54, 1.807) is 12.1 Å². The second kappa shape index (κ2) is 5.90. The molecule has 0 aliphatic rings. The fourth-order valence-corrected chi connectivity index (χ4v) is 2.06. The van der Waals surface area contributed by atoms with Gasteiger partial charge in [0.2, 0.25) is 0 Å². The Kier molecular flexibility index (Phi) is 4.24. The van der Waals surface area contributed by atoms with Crippen molar-refractivity contribution < 1.29 is 4.74 Å². The summed E-state index contributed by atoms with van der Waals surface area (Å²) in [6.45, 7) is 4.60. The molecule has 0 saturated carbocycles. The number of aryl methyl sites for hydroxylation is 2. The lowest BCUT2D eigenvalue weighted by Crippen LogP contribution is -1.96. The fraction of sp³-hybridized carbons (Fsp3) is 0.188. The lowest BCUT2D eigenvalue weighted by molar-refractivity contribution is 0.306. The highest BCUT2D eigenvalue weighted by atomic mass is 79.9. The van der Waals surface area contributed by atoms with E-state index in [4.69, 9.17) is 10.00 Å². The topological polar surface area (TPSA) is 33.0 Å². The van der Waals surface area contributed by atoms with Crippen molar-refractivity contribution in [3.05, 3.63) is 63.1 Å². The molecule has 0 bridgehead atoms. The maximum Gasteiger partial charge on any atom is 0.120 e. The number of halogens is 1. The zero-order chi connectivity index (χ0) is 13.8. The number of hydrogen-bond donors (Lipinski definition) is 0. The van der Waals surface area contributed by atoms with Crippen molar-refractivity contribution in [2.75, 3.05) is 0 Å². The van der Waals surface area contributed by atoms with Gasteiger partial charge in [-0.25, -0.2) is 0 Å². The molecule has 0 aromatic heterocycles. The van der Waals surface area contributed by atoms with E-state index in [0.717, 1.165) is 26.9 Å². The number of nitrogens with zero attached hydrogens (tertiary/aromatic N) is 1. The summed E-state index contributed by atoms with van der Waals surface area (Å²) < 4.78 is 6.90. The third-order valence-corrected chi connectivity index (χ3v) is 4.15. The summed E-state index contributed by atoms with van der Waals surface area (Å²) in [6.07, 6.45) is 0. The molecule has 2 rings (SSSR count). The molecule has 2 aromatic carbocycles. The van der Waals surface area contributed by atoms with E-state index in [-0.39, 0.29) is 0 Å². The van der Waals surface area contributed by atoms with Gasteiger partial charge in [0.25, 0.3) is 0 Å². The van der Waals surface area contributed by atoms with Gasteiger partial charge in [0.1, 0.15) is 12.4 Å². The largest absolute Gasteiger partial charge is 0.489 e. The quantitative estimate of drug-likeness (QED) is 0.834. The molecule has 3 heteroatoms. The molecule has 0 heterocycles. The lowest BCUT2D eigenvalue weighted by Gasteiger charge is -2.10. The average Bonchev–Trinajstić information content (AvgIpc) is 2.43. The van der Waals surface area contributed by atoms with Crippen LogP contribution in [0.3, 0.4) is 0 Å². The molecule has 0 spiro atoms. The summed E-state index contributed by atoms with van der Waals surface area (Å²) >= 11 is 3.54. The maximum atomic E-state index is 8.74. The minimum atomic E-state index is 0.506. The Morgan fingerprint density at radius 1 is 1.11 bits per heavy atom. The first-order valence-corrected chi connectivity index (χ1v) is 6.78. The Bertz CT molecular complexity index is 603. The van der Waals surface area contributed by atoms with Gasteiger partial charge in [0.15, 0.2) is 0 Å². The van der Waals surface area contributed by atoms with E-state index in [9.17, 15) is 0 Å². The summed E-state index contributed by atoms with van der Waals surface area (Å²) in [5.41, 5.74) is 4.04. The summed E-state index contributed by atoms with van der Waals surface area (Å²) in [5.74, 6) is 0.863. The third kappa shape index (κ3) is 3.36. The first-order chi connectivity index (χ1) is 9.10. The molecule has 0 aliphatic carbocycles. The molecule has 0 atom stereocenters. The molecule has 2 aromatic rings. The Hall–Kier alpha value is -1.79. The van der Waals surface area contributed by atoms with E-state index in [1.807, 2.05) is 38.1 Å². The van der Waals surface area contributed by atoms with Crippen LogP contribution < -0.4 is 4.74 Å². The highest BCUT2D eigenvalue weighted by Gasteiger charge is 2.03. The lowest BCUT2D eigenvalue weighted by atomic mass is 10.1. The minimum Gasteiger partial charge on any atom is -0.489 e. The summed E-state index contributed by atoms with van der Waals surface area (Å²) in [7, 11) is 0. The first kappa shape index (κ1) is 13.6. The Morgan fingerprint density at radius 2 is 1.68 bits per heavy atom. The predicted molar refractivity (Wildman–Crippen MR) is 79.1 cm³/mol. The minimum absolute atomic E-state index is 0.506. The molecule has 19 heavy (non-hydrogen) atoms. The van der Waals surface area contributed by atoms with Crippen LogP contribution in [0.15, 0.2) is 40.9 Å². The van der Waals surface area contributed by atoms with E-state index in [0.29, 0.717) is 12.2 Å². The van der Waals surface area contributed by atoms with Gasteiger partial charge in [0.05, 0.1) is 11.6 Å². The van der Waals surface area contributed by atoms with Gasteiger partial charge < -0.3 is 4.74 Å². The van der Waals surface area contributed by atoms with Crippen LogP contribution in [0.4, 0.5) is 0 Å². The second-order valence-electron chi connectivity index (χ2n) is 4.47. The number of benzene rings is 2. The number of hydrogen-bond acceptors (Lipinski definition) is 2. The van der Waals surface area contributed by atoms with Gasteiger partial charge in [-0.3, -0.25) is 0 Å². The van der Waals surface area contributed by atoms with Gasteiger partial charge >= 0.3 is 0 Å². The highest BCUT2D eigenvalue weighted by molar-refractivity contribution is 9.10. The zero-order valence-corrected chi connectivity index (χ0v) is 12.5. The Morgan fingerprint density at radius 3 is 2.21 bits per heavy atom. The van der Waals surface area contributed by atoms with Crippen LogP contribution in [-0.2, 0) is 6.61 Å². The highest BCUT2D eigenvalue weighted by Crippen LogP contribution is 2.26. The van der Waals surface area contributed by atoms with Crippen LogP contribution in [0.5, 0.6) is 5.75 Å². The van der Waals surface area contributed by atoms with Crippen molar-refractivity contribution >= 4 is 15.9 Å². The standard InChI is InChI=1S/C16H14BrNO/c1-11-7-15(8-12(2)16(11)17)19-10-14-5-3-13(9-18)4-6-14/h3-8H,10H2,1-2H3. The normalized spacial score (nSPS) is 10.0. The first-order valence-electron chi connectivity index (χ1n) is 5.99. The van der Waals surface area contributed by atoms with Gasteiger partial charge in [-0.2, -0.15) is 5.26 Å². The van der Waals surface area contributed by atoms with Gasteiger partial charge in [0, 0.05) is 4.47 Å². The molecule has 0 radical (unpaired) electrons. The molecule has 0 saturated heterocycles. The predicted octanol–water partition coefficient (Wildman–Crippen LogP) is 4.52. The number of rotatable bonds is 3. The van der Waals surface area contributed by atoms with Crippen molar-refractivity contribution in [2.45, 2.75) is 20.5 Å². The van der Waals surface area contributed by atoms with Crippen molar-refractivity contribution in [3.8, 4) is 11.8 Å². The molecule has 0 aliphatic heterocycles. The molecule has 0 fully saturated rings. The maximum absolute atomic E-state index is 8.74. The van der Waals surface area contributed by atoms with Crippen molar-refractivity contribution in [3.63, 3.8) is 0 Å². The van der Waals surface area contributed by atoms with Gasteiger partial charge in [-0.15, -0.1) is 0 Å². The summed E-state index contributed by atoms with van der Waals surface area (Å²) in [5, 5.41) is 8.74. The van der Waals surface area contributed by atoms with E-state index in [1.165, 1.54) is 0 Å². The summed E-state index contributed by atoms with van der Waals surface area (Å²) in [4.78, 5) is 0. The van der Waals surface area contributed by atoms with Crippen LogP contribution in [-0.4, -0.2) is 0 Å². The molecular weight excluding hydrogens is 302 g/mol. The number of nitriles is 1. The van der Waals surface area contributed by atoms with Crippen LogP contribution >= 0.6 is 15.9 Å². The van der Waals surface area contributed by atoms with Gasteiger partial charge in [-0.05, 0) is 54.8 Å². The Balaban J connectivity index is 2.08. The van der Waals surface area contributed by atoms with E-state index in [2.05, 4.69) is 22.0 Å². The van der Waals surface area contributed by atoms with Crippen LogP contribution in [0.25, 0.3) is 0 Å². The molecule has 96 valence electrons. The monoisotopic (exact) mass is 315 g/mol. The zero-order valence-electron chi connectivity index (χ0n) is 10.9. The van der Waals surface area contributed by atoms with Crippen LogP contribution in [0.2, 0.25) is 0 Å². The molecule has 0 amide bonds. The molecular formula is C16H14BrNO. The molecule has 0 unspecified atom stereocenters. The smallest absolute Gasteiger partial charge is 0.120 e. The SMILES string of the molecule is Cc1cc(OCc2ccc(C#N)cc2)cc(C)c1Br. The van der Waals surface area contributed by atoms with Gasteiger partial charge in [-0.1, -0.05) is 28.1 Å². The van der Waals surface area contributed by atoms with E-state index < -0.39 is 0 Å². The summed E-state index contributed by atoms with van der Waals surface area (Å²) in [6, 6.07) is 13.6. The third-order valence-electron chi connectivity index (χ3n) is 2.90. The van der Waals surface area contributed by atoms with Crippen molar-refractivity contribution in [2.24, 2.45) is 0 Å². The Labute approximate surface area is 121 Å². The van der Waals surface area contributed by atoms with Crippen molar-refractivity contribution in [1.29, 1.82) is 5.26 Å². The van der Waals surface area contributed by atoms with Crippen LogP contribution in [0, 0.1) is 25.2 Å².